The molecule has 0 N–H and O–H groups in total. The minimum atomic E-state index is -0.515. The predicted molar refractivity (Wildman–Crippen MR) is 58.6 cm³/mol. The Bertz CT molecular complexity index is 295. The smallest absolute Gasteiger partial charge is 0.313 e. The first-order valence-electron chi connectivity index (χ1n) is 5.62. The third-order valence-corrected chi connectivity index (χ3v) is 2.75. The average molecular weight is 226 g/mol. The normalized spacial score (nSPS) is 24.2. The van der Waals surface area contributed by atoms with E-state index in [-0.39, 0.29) is 11.9 Å². The van der Waals surface area contributed by atoms with Crippen LogP contribution >= 0.6 is 0 Å². The molecule has 16 heavy (non-hydrogen) atoms. The SMILES string of the molecule is C=C1CC[C@H](C(=O)OCC)[C@H]1C(=O)OCC. The Kier molecular flexibility index (Phi) is 4.52. The lowest BCUT2D eigenvalue weighted by molar-refractivity contribution is -0.157. The first-order chi connectivity index (χ1) is 7.61. The summed E-state index contributed by atoms with van der Waals surface area (Å²) in [6.45, 7) is 7.97. The fourth-order valence-corrected chi connectivity index (χ4v) is 2.01. The fraction of sp³-hybridized carbons (Fsp3) is 0.667. The van der Waals surface area contributed by atoms with Gasteiger partial charge in [-0.2, -0.15) is 0 Å². The first-order valence-corrected chi connectivity index (χ1v) is 5.62. The van der Waals surface area contributed by atoms with Crippen molar-refractivity contribution in [2.24, 2.45) is 11.8 Å². The fourth-order valence-electron chi connectivity index (χ4n) is 2.01. The van der Waals surface area contributed by atoms with Gasteiger partial charge in [-0.1, -0.05) is 12.2 Å². The number of esters is 2. The first kappa shape index (κ1) is 12.7. The molecule has 1 rings (SSSR count). The van der Waals surface area contributed by atoms with Crippen LogP contribution < -0.4 is 0 Å². The molecule has 90 valence electrons. The van der Waals surface area contributed by atoms with Crippen molar-refractivity contribution in [1.82, 2.24) is 0 Å². The summed E-state index contributed by atoms with van der Waals surface area (Å²) < 4.78 is 9.89. The monoisotopic (exact) mass is 226 g/mol. The minimum Gasteiger partial charge on any atom is -0.466 e. The van der Waals surface area contributed by atoms with Crippen LogP contribution in [0, 0.1) is 11.8 Å². The third-order valence-electron chi connectivity index (χ3n) is 2.75. The maximum absolute atomic E-state index is 11.7. The molecule has 0 aromatic heterocycles. The maximum Gasteiger partial charge on any atom is 0.313 e. The molecule has 4 heteroatoms. The van der Waals surface area contributed by atoms with Crippen molar-refractivity contribution in [3.05, 3.63) is 12.2 Å². The molecule has 1 aliphatic rings. The standard InChI is InChI=1S/C12H18O4/c1-4-15-11(13)9-7-6-8(3)10(9)12(14)16-5-2/h9-10H,3-7H2,1-2H3/t9-,10-/m0/s1. The van der Waals surface area contributed by atoms with Gasteiger partial charge in [0.15, 0.2) is 0 Å². The molecule has 0 aliphatic heterocycles. The van der Waals surface area contributed by atoms with Crippen molar-refractivity contribution < 1.29 is 19.1 Å². The molecule has 0 heterocycles. The van der Waals surface area contributed by atoms with E-state index in [4.69, 9.17) is 9.47 Å². The summed E-state index contributed by atoms with van der Waals surface area (Å²) in [5.41, 5.74) is 0.775. The predicted octanol–water partition coefficient (Wildman–Crippen LogP) is 1.70. The van der Waals surface area contributed by atoms with Gasteiger partial charge in [0.05, 0.1) is 25.0 Å². The van der Waals surface area contributed by atoms with Crippen LogP contribution in [0.15, 0.2) is 12.2 Å². The van der Waals surface area contributed by atoms with E-state index in [1.165, 1.54) is 0 Å². The van der Waals surface area contributed by atoms with Gasteiger partial charge in [0.1, 0.15) is 0 Å². The summed E-state index contributed by atoms with van der Waals surface area (Å²) in [7, 11) is 0. The van der Waals surface area contributed by atoms with Gasteiger partial charge in [-0.15, -0.1) is 0 Å². The Labute approximate surface area is 95.6 Å². The highest BCUT2D eigenvalue weighted by molar-refractivity contribution is 5.85. The molecule has 1 aliphatic carbocycles. The molecule has 0 unspecified atom stereocenters. The topological polar surface area (TPSA) is 52.6 Å². The molecule has 0 radical (unpaired) electrons. The maximum atomic E-state index is 11.7. The van der Waals surface area contributed by atoms with Crippen molar-refractivity contribution >= 4 is 11.9 Å². The second-order valence-corrected chi connectivity index (χ2v) is 3.79. The number of hydrogen-bond donors (Lipinski definition) is 0. The zero-order valence-electron chi connectivity index (χ0n) is 9.82. The van der Waals surface area contributed by atoms with E-state index in [9.17, 15) is 9.59 Å². The van der Waals surface area contributed by atoms with Crippen molar-refractivity contribution in [3.63, 3.8) is 0 Å². The highest BCUT2D eigenvalue weighted by atomic mass is 16.5. The lowest BCUT2D eigenvalue weighted by atomic mass is 9.94. The molecule has 2 atom stereocenters. The Balaban J connectivity index is 2.73. The highest BCUT2D eigenvalue weighted by Gasteiger charge is 2.42. The molecular weight excluding hydrogens is 208 g/mol. The summed E-state index contributed by atoms with van der Waals surface area (Å²) in [5, 5.41) is 0. The molecule has 0 saturated heterocycles. The Morgan fingerprint density at radius 1 is 1.25 bits per heavy atom. The third kappa shape index (κ3) is 2.62. The second-order valence-electron chi connectivity index (χ2n) is 3.79. The Hall–Kier alpha value is -1.32. The zero-order valence-corrected chi connectivity index (χ0v) is 9.82. The number of rotatable bonds is 4. The zero-order chi connectivity index (χ0) is 12.1. The van der Waals surface area contributed by atoms with E-state index in [0.717, 1.165) is 5.57 Å². The number of carbonyl (C=O) groups excluding carboxylic acids is 2. The summed E-state index contributed by atoms with van der Waals surface area (Å²) >= 11 is 0. The van der Waals surface area contributed by atoms with Crippen LogP contribution in [0.25, 0.3) is 0 Å². The van der Waals surface area contributed by atoms with E-state index >= 15 is 0 Å². The molecule has 0 amide bonds. The van der Waals surface area contributed by atoms with Crippen molar-refractivity contribution in [3.8, 4) is 0 Å². The summed E-state index contributed by atoms with van der Waals surface area (Å²) in [6, 6.07) is 0. The van der Waals surface area contributed by atoms with Gasteiger partial charge in [0, 0.05) is 0 Å². The molecule has 0 spiro atoms. The Morgan fingerprint density at radius 3 is 2.38 bits per heavy atom. The number of ether oxygens (including phenoxy) is 2. The van der Waals surface area contributed by atoms with E-state index in [0.29, 0.717) is 26.1 Å². The average Bonchev–Trinajstić information content (AvgIpc) is 2.61. The second kappa shape index (κ2) is 5.68. The molecule has 1 saturated carbocycles. The summed E-state index contributed by atoms with van der Waals surface area (Å²) in [5.74, 6) is -1.60. The molecule has 4 nitrogen and oxygen atoms in total. The van der Waals surface area contributed by atoms with Gasteiger partial charge in [0.25, 0.3) is 0 Å². The molecule has 0 bridgehead atoms. The van der Waals surface area contributed by atoms with Crippen LogP contribution in [0.1, 0.15) is 26.7 Å². The number of hydrogen-bond acceptors (Lipinski definition) is 4. The van der Waals surface area contributed by atoms with Crippen LogP contribution in [0.4, 0.5) is 0 Å². The lowest BCUT2D eigenvalue weighted by Crippen LogP contribution is -2.29. The van der Waals surface area contributed by atoms with Crippen molar-refractivity contribution in [2.45, 2.75) is 26.7 Å². The van der Waals surface area contributed by atoms with Crippen molar-refractivity contribution in [2.75, 3.05) is 13.2 Å². The van der Waals surface area contributed by atoms with Gasteiger partial charge in [-0.3, -0.25) is 9.59 Å². The van der Waals surface area contributed by atoms with Crippen LogP contribution in [0.3, 0.4) is 0 Å². The van der Waals surface area contributed by atoms with E-state index in [2.05, 4.69) is 6.58 Å². The van der Waals surface area contributed by atoms with E-state index in [1.807, 2.05) is 0 Å². The Morgan fingerprint density at radius 2 is 1.81 bits per heavy atom. The number of carbonyl (C=O) groups is 2. The van der Waals surface area contributed by atoms with Crippen molar-refractivity contribution in [1.29, 1.82) is 0 Å². The quantitative estimate of drug-likeness (QED) is 0.540. The van der Waals surface area contributed by atoms with Crippen LogP contribution in [-0.2, 0) is 19.1 Å². The molecular formula is C12H18O4. The molecule has 0 aromatic rings. The minimum absolute atomic E-state index is 0.318. The summed E-state index contributed by atoms with van der Waals surface area (Å²) in [4.78, 5) is 23.3. The molecule has 0 aromatic carbocycles. The van der Waals surface area contributed by atoms with Gasteiger partial charge < -0.3 is 9.47 Å². The van der Waals surface area contributed by atoms with Gasteiger partial charge in [0.2, 0.25) is 0 Å². The largest absolute Gasteiger partial charge is 0.466 e. The van der Waals surface area contributed by atoms with Crippen LogP contribution in [0.2, 0.25) is 0 Å². The van der Waals surface area contributed by atoms with Gasteiger partial charge >= 0.3 is 11.9 Å². The molecule has 1 fully saturated rings. The van der Waals surface area contributed by atoms with E-state index < -0.39 is 11.8 Å². The highest BCUT2D eigenvalue weighted by Crippen LogP contribution is 2.37. The van der Waals surface area contributed by atoms with Gasteiger partial charge in [-0.05, 0) is 26.7 Å². The van der Waals surface area contributed by atoms with Gasteiger partial charge in [-0.25, -0.2) is 0 Å². The van der Waals surface area contributed by atoms with Crippen LogP contribution in [0.5, 0.6) is 0 Å². The summed E-state index contributed by atoms with van der Waals surface area (Å²) in [6.07, 6.45) is 1.31. The van der Waals surface area contributed by atoms with E-state index in [1.54, 1.807) is 13.8 Å². The van der Waals surface area contributed by atoms with Crippen LogP contribution in [-0.4, -0.2) is 25.2 Å². The lowest BCUT2D eigenvalue weighted by Gasteiger charge is -2.17.